The molecular weight excluding hydrogens is 577 g/mol. The van der Waals surface area contributed by atoms with E-state index in [4.69, 9.17) is 4.74 Å². The number of ether oxygens (including phenoxy) is 1. The monoisotopic (exact) mass is 639 g/mol. The van der Waals surface area contributed by atoms with Crippen LogP contribution in [0.4, 0.5) is 0 Å². The minimum absolute atomic E-state index is 0.107. The molecule has 2 aliphatic rings. The Morgan fingerprint density at radius 1 is 0.773 bits per heavy atom. The van der Waals surface area contributed by atoms with E-state index in [9.17, 15) is 4.21 Å². The number of benzene rings is 2. The van der Waals surface area contributed by atoms with Gasteiger partial charge in [-0.2, -0.15) is 0 Å². The fraction of sp³-hybridized carbons (Fsp3) is 0.692. The molecule has 0 amide bonds. The van der Waals surface area contributed by atoms with Crippen molar-refractivity contribution in [3.63, 3.8) is 0 Å². The largest absolute Gasteiger partial charge is 0.496 e. The van der Waals surface area contributed by atoms with Gasteiger partial charge in [-0.25, -0.2) is 8.51 Å². The number of rotatable bonds is 8. The van der Waals surface area contributed by atoms with E-state index >= 15 is 0 Å². The van der Waals surface area contributed by atoms with Gasteiger partial charge in [0.15, 0.2) is 0 Å². The number of methoxy groups -OCH3 is 1. The van der Waals surface area contributed by atoms with E-state index in [1.54, 1.807) is 5.30 Å². The molecule has 0 saturated heterocycles. The van der Waals surface area contributed by atoms with Crippen LogP contribution in [-0.2, 0) is 21.8 Å². The summed E-state index contributed by atoms with van der Waals surface area (Å²) in [6.07, 6.45) is 13.8. The van der Waals surface area contributed by atoms with Crippen LogP contribution in [0.5, 0.6) is 5.75 Å². The van der Waals surface area contributed by atoms with Crippen LogP contribution in [0, 0.1) is 0 Å². The first kappa shape index (κ1) is 35.6. The summed E-state index contributed by atoms with van der Waals surface area (Å²) >= 11 is 0. The highest BCUT2D eigenvalue weighted by Gasteiger charge is 2.39. The van der Waals surface area contributed by atoms with Gasteiger partial charge in [0.1, 0.15) is 16.7 Å². The lowest BCUT2D eigenvalue weighted by atomic mass is 9.77. The van der Waals surface area contributed by atoms with Gasteiger partial charge in [-0.1, -0.05) is 112 Å². The Morgan fingerprint density at radius 3 is 1.64 bits per heavy atom. The van der Waals surface area contributed by atoms with Gasteiger partial charge < -0.3 is 4.74 Å². The summed E-state index contributed by atoms with van der Waals surface area (Å²) in [5, 5.41) is 1.58. The minimum Gasteiger partial charge on any atom is -0.496 e. The Bertz CT molecular complexity index is 1220. The number of nitrogens with zero attached hydrogens (tertiary/aromatic N) is 1. The Balaban J connectivity index is 2.02. The van der Waals surface area contributed by atoms with E-state index in [-0.39, 0.29) is 29.5 Å². The maximum absolute atomic E-state index is 14.3. The normalized spacial score (nSPS) is 19.4. The topological polar surface area (TPSA) is 29.5 Å². The summed E-state index contributed by atoms with van der Waals surface area (Å²) < 4.78 is 22.3. The molecule has 2 aromatic carbocycles. The van der Waals surface area contributed by atoms with Crippen molar-refractivity contribution in [2.24, 2.45) is 0 Å². The molecular formula is C39H62NO2PS. The SMILES string of the molecule is COc1c(C(C)(C)C)cc([C@H](c2ccccc2P(C2CCCCC2)C2CCCCC2)N(C)[S@@](=O)C(C)(C)C)cc1C(C)(C)C. The summed E-state index contributed by atoms with van der Waals surface area (Å²) in [6, 6.07) is 14.0. The molecule has 0 unspecified atom stereocenters. The molecule has 44 heavy (non-hydrogen) atoms. The molecule has 2 aromatic rings. The Hall–Kier alpha value is -1.22. The van der Waals surface area contributed by atoms with Crippen molar-refractivity contribution in [1.29, 1.82) is 0 Å². The second-order valence-corrected chi connectivity index (χ2v) is 21.6. The molecule has 2 aliphatic carbocycles. The van der Waals surface area contributed by atoms with E-state index in [1.165, 1.54) is 86.5 Å². The van der Waals surface area contributed by atoms with Gasteiger partial charge in [0.05, 0.1) is 17.9 Å². The number of hydrogen-bond donors (Lipinski definition) is 0. The van der Waals surface area contributed by atoms with Crippen molar-refractivity contribution in [2.45, 2.75) is 159 Å². The van der Waals surface area contributed by atoms with E-state index in [1.807, 2.05) is 7.11 Å². The Morgan fingerprint density at radius 2 is 1.23 bits per heavy atom. The van der Waals surface area contributed by atoms with Gasteiger partial charge in [-0.3, -0.25) is 0 Å². The predicted octanol–water partition coefficient (Wildman–Crippen LogP) is 10.5. The zero-order valence-corrected chi connectivity index (χ0v) is 31.6. The first-order chi connectivity index (χ1) is 20.6. The molecule has 2 saturated carbocycles. The van der Waals surface area contributed by atoms with Gasteiger partial charge in [-0.15, -0.1) is 0 Å². The fourth-order valence-electron chi connectivity index (χ4n) is 7.62. The van der Waals surface area contributed by atoms with E-state index in [0.29, 0.717) is 0 Å². The third-order valence-corrected chi connectivity index (χ3v) is 15.2. The van der Waals surface area contributed by atoms with Gasteiger partial charge in [0.25, 0.3) is 0 Å². The smallest absolute Gasteiger partial charge is 0.126 e. The standard InChI is InChI=1S/C39H62NO2PS/c1-37(2,3)32-26-28(27-33(36(32)42-11)38(4,5)6)35(40(10)44(41)39(7,8)9)31-24-18-19-25-34(31)43(29-20-14-12-15-21-29)30-22-16-13-17-23-30/h18-19,24-27,29-30,35H,12-17,20-23H2,1-11H3/t35-,44+/m1/s1. The van der Waals surface area contributed by atoms with Crippen molar-refractivity contribution in [2.75, 3.05) is 14.2 Å². The predicted molar refractivity (Wildman–Crippen MR) is 195 cm³/mol. The van der Waals surface area contributed by atoms with Crippen LogP contribution in [0.2, 0.25) is 0 Å². The van der Waals surface area contributed by atoms with Crippen LogP contribution in [-0.4, -0.2) is 38.7 Å². The van der Waals surface area contributed by atoms with Crippen LogP contribution in [0.15, 0.2) is 36.4 Å². The molecule has 0 N–H and O–H groups in total. The molecule has 2 atom stereocenters. The molecule has 0 aliphatic heterocycles. The molecule has 2 fully saturated rings. The van der Waals surface area contributed by atoms with Crippen molar-refractivity contribution in [1.82, 2.24) is 4.31 Å². The van der Waals surface area contributed by atoms with Crippen molar-refractivity contribution in [3.05, 3.63) is 58.7 Å². The molecule has 3 nitrogen and oxygen atoms in total. The molecule has 0 aromatic heterocycles. The lowest BCUT2D eigenvalue weighted by molar-refractivity contribution is 0.379. The van der Waals surface area contributed by atoms with E-state index < -0.39 is 11.0 Å². The van der Waals surface area contributed by atoms with Gasteiger partial charge in [0.2, 0.25) is 0 Å². The first-order valence-electron chi connectivity index (χ1n) is 17.3. The van der Waals surface area contributed by atoms with Crippen molar-refractivity contribution < 1.29 is 8.95 Å². The van der Waals surface area contributed by atoms with E-state index in [2.05, 4.69) is 110 Å². The van der Waals surface area contributed by atoms with E-state index in [0.717, 1.165) is 17.1 Å². The summed E-state index contributed by atoms with van der Waals surface area (Å²) in [6.45, 7) is 20.0. The van der Waals surface area contributed by atoms with Crippen molar-refractivity contribution in [3.8, 4) is 5.75 Å². The van der Waals surface area contributed by atoms with Crippen LogP contribution in [0.1, 0.15) is 155 Å². The lowest BCUT2D eigenvalue weighted by Gasteiger charge is -2.42. The second kappa shape index (κ2) is 14.3. The lowest BCUT2D eigenvalue weighted by Crippen LogP contribution is -2.40. The Kier molecular flexibility index (Phi) is 11.6. The second-order valence-electron chi connectivity index (χ2n) is 16.5. The van der Waals surface area contributed by atoms with Crippen LogP contribution in [0.25, 0.3) is 0 Å². The summed E-state index contributed by atoms with van der Waals surface area (Å²) in [7, 11) is 2.39. The highest BCUT2D eigenvalue weighted by Crippen LogP contribution is 2.56. The highest BCUT2D eigenvalue weighted by atomic mass is 32.2. The molecule has 0 radical (unpaired) electrons. The van der Waals surface area contributed by atoms with Crippen LogP contribution in [0.3, 0.4) is 0 Å². The van der Waals surface area contributed by atoms with Crippen LogP contribution >= 0.6 is 7.92 Å². The molecule has 0 spiro atoms. The molecule has 0 heterocycles. The third kappa shape index (κ3) is 8.01. The average Bonchev–Trinajstić information content (AvgIpc) is 2.97. The minimum atomic E-state index is -1.20. The molecule has 4 rings (SSSR count). The quantitative estimate of drug-likeness (QED) is 0.269. The number of hydrogen-bond acceptors (Lipinski definition) is 2. The highest BCUT2D eigenvalue weighted by molar-refractivity contribution is 7.84. The zero-order chi connectivity index (χ0) is 32.4. The van der Waals surface area contributed by atoms with Gasteiger partial charge in [0, 0.05) is 18.2 Å². The molecule has 246 valence electrons. The fourth-order valence-corrected chi connectivity index (χ4v) is 12.9. The molecule has 0 bridgehead atoms. The van der Waals surface area contributed by atoms with Crippen LogP contribution < -0.4 is 10.0 Å². The summed E-state index contributed by atoms with van der Waals surface area (Å²) in [4.78, 5) is 0. The summed E-state index contributed by atoms with van der Waals surface area (Å²) in [5.74, 6) is 0.993. The first-order valence-corrected chi connectivity index (χ1v) is 19.9. The Labute approximate surface area is 274 Å². The maximum atomic E-state index is 14.3. The zero-order valence-electron chi connectivity index (χ0n) is 29.9. The van der Waals surface area contributed by atoms with Gasteiger partial charge in [-0.05, 0) is 97.2 Å². The maximum Gasteiger partial charge on any atom is 0.126 e. The molecule has 5 heteroatoms. The van der Waals surface area contributed by atoms with Crippen molar-refractivity contribution >= 4 is 24.2 Å². The summed E-state index contributed by atoms with van der Waals surface area (Å²) in [5.41, 5.74) is 6.44. The third-order valence-electron chi connectivity index (χ3n) is 9.84. The van der Waals surface area contributed by atoms with Gasteiger partial charge >= 0.3 is 0 Å². The average molecular weight is 640 g/mol.